The molecule has 110 valence electrons. The van der Waals surface area contributed by atoms with Gasteiger partial charge in [0.15, 0.2) is 0 Å². The average molecular weight is 297 g/mol. The monoisotopic (exact) mass is 296 g/mol. The first-order valence-corrected chi connectivity index (χ1v) is 7.46. The lowest BCUT2D eigenvalue weighted by Gasteiger charge is -2.23. The summed E-state index contributed by atoms with van der Waals surface area (Å²) in [6.45, 7) is 3.34. The highest BCUT2D eigenvalue weighted by atomic mass is 35.5. The largest absolute Gasteiger partial charge is 0.489 e. The molecule has 2 rings (SSSR count). The average Bonchev–Trinajstić information content (AvgIpc) is 2.46. The molecule has 1 aromatic carbocycles. The Morgan fingerprint density at radius 1 is 1.55 bits per heavy atom. The zero-order chi connectivity index (χ0) is 14.4. The Morgan fingerprint density at radius 3 is 3.10 bits per heavy atom. The first-order valence-electron chi connectivity index (χ1n) is 7.08. The molecule has 1 aliphatic rings. The third kappa shape index (κ3) is 4.69. The van der Waals surface area contributed by atoms with Crippen molar-refractivity contribution in [3.05, 3.63) is 29.3 Å². The second-order valence-corrected chi connectivity index (χ2v) is 5.57. The van der Waals surface area contributed by atoms with E-state index in [0.29, 0.717) is 11.6 Å². The molecule has 4 nitrogen and oxygen atoms in total. The van der Waals surface area contributed by atoms with Crippen molar-refractivity contribution in [3.63, 3.8) is 0 Å². The van der Waals surface area contributed by atoms with Crippen LogP contribution in [0.25, 0.3) is 0 Å². The van der Waals surface area contributed by atoms with Crippen LogP contribution in [0.3, 0.4) is 0 Å². The van der Waals surface area contributed by atoms with Crippen LogP contribution in [-0.4, -0.2) is 31.1 Å². The number of hydrogen-bond acceptors (Lipinski definition) is 3. The summed E-state index contributed by atoms with van der Waals surface area (Å²) in [4.78, 5) is 12.0. The summed E-state index contributed by atoms with van der Waals surface area (Å²) in [5.41, 5.74) is 0. The molecule has 1 saturated heterocycles. The third-order valence-corrected chi connectivity index (χ3v) is 3.56. The summed E-state index contributed by atoms with van der Waals surface area (Å²) in [7, 11) is 0. The highest BCUT2D eigenvalue weighted by molar-refractivity contribution is 6.30. The van der Waals surface area contributed by atoms with Gasteiger partial charge in [-0.2, -0.15) is 0 Å². The van der Waals surface area contributed by atoms with Gasteiger partial charge in [-0.1, -0.05) is 24.1 Å². The zero-order valence-corrected chi connectivity index (χ0v) is 12.5. The Hall–Kier alpha value is -1.26. The van der Waals surface area contributed by atoms with Crippen molar-refractivity contribution in [2.24, 2.45) is 0 Å². The highest BCUT2D eigenvalue weighted by Gasteiger charge is 2.20. The molecule has 0 aromatic heterocycles. The van der Waals surface area contributed by atoms with Crippen LogP contribution in [0.15, 0.2) is 24.3 Å². The zero-order valence-electron chi connectivity index (χ0n) is 11.7. The maximum atomic E-state index is 12.0. The van der Waals surface area contributed by atoms with Gasteiger partial charge in [0.05, 0.1) is 12.6 Å². The molecular formula is C15H21ClN2O2. The molecule has 0 radical (unpaired) electrons. The predicted octanol–water partition coefficient (Wildman–Crippen LogP) is 2.37. The minimum Gasteiger partial charge on any atom is -0.489 e. The van der Waals surface area contributed by atoms with Crippen LogP contribution in [0, 0.1) is 0 Å². The Kier molecular flexibility index (Phi) is 5.68. The minimum absolute atomic E-state index is 0.0536. The van der Waals surface area contributed by atoms with Crippen molar-refractivity contribution in [2.75, 3.05) is 13.1 Å². The quantitative estimate of drug-likeness (QED) is 0.877. The van der Waals surface area contributed by atoms with Crippen molar-refractivity contribution in [1.29, 1.82) is 0 Å². The fraction of sp³-hybridized carbons (Fsp3) is 0.533. The standard InChI is InChI=1S/C15H21ClN2O2/c1-11(20-13-6-4-5-12(16)9-13)10-18-15(19)14-7-2-3-8-17-14/h4-6,9,11,14,17H,2-3,7-8,10H2,1H3,(H,18,19). The number of rotatable bonds is 5. The normalized spacial score (nSPS) is 20.2. The first kappa shape index (κ1) is 15.1. The van der Waals surface area contributed by atoms with Gasteiger partial charge in [-0.25, -0.2) is 0 Å². The molecule has 5 heteroatoms. The lowest BCUT2D eigenvalue weighted by Crippen LogP contribution is -2.48. The second-order valence-electron chi connectivity index (χ2n) is 5.13. The fourth-order valence-corrected chi connectivity index (χ4v) is 2.44. The molecule has 2 unspecified atom stereocenters. The molecule has 1 amide bonds. The summed E-state index contributed by atoms with van der Waals surface area (Å²) in [6.07, 6.45) is 3.08. The molecule has 0 saturated carbocycles. The smallest absolute Gasteiger partial charge is 0.237 e. The molecule has 20 heavy (non-hydrogen) atoms. The van der Waals surface area contributed by atoms with Gasteiger partial charge in [-0.15, -0.1) is 0 Å². The van der Waals surface area contributed by atoms with E-state index in [1.54, 1.807) is 12.1 Å². The van der Waals surface area contributed by atoms with E-state index in [4.69, 9.17) is 16.3 Å². The minimum atomic E-state index is -0.0963. The van der Waals surface area contributed by atoms with Crippen LogP contribution in [0.1, 0.15) is 26.2 Å². The molecular weight excluding hydrogens is 276 g/mol. The number of benzene rings is 1. The molecule has 1 heterocycles. The van der Waals surface area contributed by atoms with Gasteiger partial charge in [0, 0.05) is 5.02 Å². The number of piperidine rings is 1. The number of carbonyl (C=O) groups is 1. The number of amides is 1. The summed E-state index contributed by atoms with van der Waals surface area (Å²) in [6, 6.07) is 7.21. The lowest BCUT2D eigenvalue weighted by molar-refractivity contribution is -0.124. The van der Waals surface area contributed by atoms with Gasteiger partial charge in [0.2, 0.25) is 5.91 Å². The van der Waals surface area contributed by atoms with Crippen LogP contribution in [0.4, 0.5) is 0 Å². The molecule has 1 aliphatic heterocycles. The van der Waals surface area contributed by atoms with Crippen LogP contribution >= 0.6 is 11.6 Å². The lowest BCUT2D eigenvalue weighted by atomic mass is 10.0. The van der Waals surface area contributed by atoms with Gasteiger partial charge < -0.3 is 15.4 Å². The summed E-state index contributed by atoms with van der Waals surface area (Å²) in [5, 5.41) is 6.80. The number of carbonyl (C=O) groups excluding carboxylic acids is 1. The molecule has 1 aromatic rings. The van der Waals surface area contributed by atoms with Crippen LogP contribution < -0.4 is 15.4 Å². The van der Waals surface area contributed by atoms with Crippen LogP contribution in [-0.2, 0) is 4.79 Å². The number of halogens is 1. The number of nitrogens with one attached hydrogen (secondary N) is 2. The third-order valence-electron chi connectivity index (χ3n) is 3.32. The fourth-order valence-electron chi connectivity index (χ4n) is 2.26. The Morgan fingerprint density at radius 2 is 2.40 bits per heavy atom. The van der Waals surface area contributed by atoms with E-state index in [1.165, 1.54) is 0 Å². The van der Waals surface area contributed by atoms with Gasteiger partial charge in [0.1, 0.15) is 11.9 Å². The highest BCUT2D eigenvalue weighted by Crippen LogP contribution is 2.18. The second kappa shape index (κ2) is 7.50. The van der Waals surface area contributed by atoms with Crippen molar-refractivity contribution in [2.45, 2.75) is 38.3 Å². The number of hydrogen-bond donors (Lipinski definition) is 2. The van der Waals surface area contributed by atoms with Crippen LogP contribution in [0.5, 0.6) is 5.75 Å². The van der Waals surface area contributed by atoms with E-state index >= 15 is 0 Å². The van der Waals surface area contributed by atoms with E-state index in [0.717, 1.165) is 31.6 Å². The topological polar surface area (TPSA) is 50.4 Å². The predicted molar refractivity (Wildman–Crippen MR) is 80.2 cm³/mol. The molecule has 1 fully saturated rings. The van der Waals surface area contributed by atoms with Crippen molar-refractivity contribution in [1.82, 2.24) is 10.6 Å². The van der Waals surface area contributed by atoms with Crippen LogP contribution in [0.2, 0.25) is 5.02 Å². The Labute approximate surface area is 124 Å². The number of ether oxygens (including phenoxy) is 1. The molecule has 2 N–H and O–H groups in total. The van der Waals surface area contributed by atoms with Gasteiger partial charge >= 0.3 is 0 Å². The summed E-state index contributed by atoms with van der Waals surface area (Å²) < 4.78 is 5.71. The first-order chi connectivity index (χ1) is 9.65. The van der Waals surface area contributed by atoms with E-state index in [-0.39, 0.29) is 18.1 Å². The van der Waals surface area contributed by atoms with Crippen molar-refractivity contribution < 1.29 is 9.53 Å². The van der Waals surface area contributed by atoms with E-state index < -0.39 is 0 Å². The summed E-state index contributed by atoms with van der Waals surface area (Å²) in [5.74, 6) is 0.779. The van der Waals surface area contributed by atoms with Crippen molar-refractivity contribution >= 4 is 17.5 Å². The maximum absolute atomic E-state index is 12.0. The van der Waals surface area contributed by atoms with Gasteiger partial charge in [-0.3, -0.25) is 4.79 Å². The van der Waals surface area contributed by atoms with Gasteiger partial charge in [-0.05, 0) is 44.5 Å². The molecule has 0 bridgehead atoms. The SMILES string of the molecule is CC(CNC(=O)C1CCCCN1)Oc1cccc(Cl)c1. The Bertz CT molecular complexity index is 447. The van der Waals surface area contributed by atoms with Crippen molar-refractivity contribution in [3.8, 4) is 5.75 Å². The van der Waals surface area contributed by atoms with E-state index in [9.17, 15) is 4.79 Å². The molecule has 0 spiro atoms. The maximum Gasteiger partial charge on any atom is 0.237 e. The molecule has 0 aliphatic carbocycles. The van der Waals surface area contributed by atoms with E-state index in [2.05, 4.69) is 10.6 Å². The van der Waals surface area contributed by atoms with E-state index in [1.807, 2.05) is 19.1 Å². The van der Waals surface area contributed by atoms with Gasteiger partial charge in [0.25, 0.3) is 0 Å². The Balaban J connectivity index is 1.74. The summed E-state index contributed by atoms with van der Waals surface area (Å²) >= 11 is 5.90. The molecule has 2 atom stereocenters.